The van der Waals surface area contributed by atoms with Gasteiger partial charge in [-0.15, -0.1) is 0 Å². The van der Waals surface area contributed by atoms with Gasteiger partial charge in [-0.05, 0) is 37.7 Å². The van der Waals surface area contributed by atoms with Crippen LogP contribution in [0.5, 0.6) is 0 Å². The Morgan fingerprint density at radius 3 is 1.97 bits per heavy atom. The molecule has 168 valence electrons. The first kappa shape index (κ1) is 25.5. The monoisotopic (exact) mass is 423 g/mol. The fourth-order valence-corrected chi connectivity index (χ4v) is 3.09. The second-order valence-electron chi connectivity index (χ2n) is 7.53. The van der Waals surface area contributed by atoms with Gasteiger partial charge in [-0.25, -0.2) is 0 Å². The molecule has 1 aromatic carbocycles. The second-order valence-corrected chi connectivity index (χ2v) is 7.53. The van der Waals surface area contributed by atoms with E-state index in [-0.39, 0.29) is 18.7 Å². The lowest BCUT2D eigenvalue weighted by molar-refractivity contribution is -0.406. The summed E-state index contributed by atoms with van der Waals surface area (Å²) in [5.74, 6) is -2.20. The Balaban J connectivity index is 2.83. The Labute approximate surface area is 177 Å². The lowest BCUT2D eigenvalue weighted by Gasteiger charge is -2.24. The third-order valence-electron chi connectivity index (χ3n) is 4.93. The molecule has 9 nitrogen and oxygen atoms in total. The number of unbranched alkanes of at least 4 members (excludes halogenated alkanes) is 2. The van der Waals surface area contributed by atoms with Crippen molar-refractivity contribution in [2.45, 2.75) is 63.1 Å². The Kier molecular flexibility index (Phi) is 12.3. The molecule has 0 aromatic heterocycles. The number of amides is 2. The molecule has 2 amide bonds. The molecule has 0 fully saturated rings. The summed E-state index contributed by atoms with van der Waals surface area (Å²) in [4.78, 5) is 36.9. The lowest BCUT2D eigenvalue weighted by Crippen LogP contribution is -2.69. The highest BCUT2D eigenvalue weighted by Gasteiger charge is 2.27. The molecule has 9 heteroatoms. The summed E-state index contributed by atoms with van der Waals surface area (Å²) in [6.45, 7) is 1.49. The number of carbonyl (C=O) groups is 3. The molecule has 0 spiro atoms. The molecule has 0 radical (unpaired) electrons. The maximum atomic E-state index is 12.9. The van der Waals surface area contributed by atoms with E-state index in [4.69, 9.17) is 0 Å². The molecule has 0 bridgehead atoms. The quantitative estimate of drug-likeness (QED) is 0.183. The molecule has 0 unspecified atom stereocenters. The SMILES string of the molecule is [NH3+]CCCC[C@H](NC(=O)[C@H](Cc1ccccc1)NC(=O)[C@@H]([NH3+])CCCC[NH3+])C(=O)[O-]. The minimum atomic E-state index is -1.33. The van der Waals surface area contributed by atoms with Gasteiger partial charge in [0.2, 0.25) is 5.91 Å². The van der Waals surface area contributed by atoms with Crippen molar-refractivity contribution in [3.8, 4) is 0 Å². The van der Waals surface area contributed by atoms with Crippen molar-refractivity contribution >= 4 is 17.8 Å². The molecular weight excluding hydrogens is 386 g/mol. The fourth-order valence-electron chi connectivity index (χ4n) is 3.09. The molecule has 1 rings (SSSR count). The van der Waals surface area contributed by atoms with E-state index in [0.717, 1.165) is 31.4 Å². The van der Waals surface area contributed by atoms with E-state index in [1.54, 1.807) is 0 Å². The first-order chi connectivity index (χ1) is 14.4. The van der Waals surface area contributed by atoms with Gasteiger partial charge < -0.3 is 37.7 Å². The molecule has 0 saturated heterocycles. The summed E-state index contributed by atoms with van der Waals surface area (Å²) < 4.78 is 0. The number of rotatable bonds is 15. The summed E-state index contributed by atoms with van der Waals surface area (Å²) in [5, 5.41) is 16.7. The highest BCUT2D eigenvalue weighted by atomic mass is 16.4. The fraction of sp³-hybridized carbons (Fsp3) is 0.571. The van der Waals surface area contributed by atoms with Crippen LogP contribution in [0.2, 0.25) is 0 Å². The van der Waals surface area contributed by atoms with Crippen molar-refractivity contribution in [3.05, 3.63) is 35.9 Å². The summed E-state index contributed by atoms with van der Waals surface area (Å²) in [7, 11) is 0. The van der Waals surface area contributed by atoms with Gasteiger partial charge in [0, 0.05) is 12.8 Å². The number of carboxylic acid groups (broad SMARTS) is 1. The van der Waals surface area contributed by atoms with Crippen LogP contribution in [0, 0.1) is 0 Å². The highest BCUT2D eigenvalue weighted by molar-refractivity contribution is 5.91. The van der Waals surface area contributed by atoms with Crippen LogP contribution < -0.4 is 32.9 Å². The predicted molar refractivity (Wildman–Crippen MR) is 109 cm³/mol. The number of hydrogen-bond donors (Lipinski definition) is 5. The van der Waals surface area contributed by atoms with Crippen LogP contribution in [0.4, 0.5) is 0 Å². The maximum absolute atomic E-state index is 12.9. The molecule has 3 atom stereocenters. The number of benzene rings is 1. The zero-order chi connectivity index (χ0) is 22.4. The number of carbonyl (C=O) groups excluding carboxylic acids is 3. The molecule has 30 heavy (non-hydrogen) atoms. The Bertz CT molecular complexity index is 656. The smallest absolute Gasteiger partial charge is 0.278 e. The third-order valence-corrected chi connectivity index (χ3v) is 4.93. The van der Waals surface area contributed by atoms with Crippen LogP contribution in [0.3, 0.4) is 0 Å². The van der Waals surface area contributed by atoms with Gasteiger partial charge in [0.25, 0.3) is 5.91 Å². The summed E-state index contributed by atoms with van der Waals surface area (Å²) in [5.41, 5.74) is 12.3. The summed E-state index contributed by atoms with van der Waals surface area (Å²) in [6.07, 6.45) is 4.24. The molecule has 0 aliphatic rings. The number of carboxylic acids is 1. The zero-order valence-corrected chi connectivity index (χ0v) is 17.7. The van der Waals surface area contributed by atoms with Crippen LogP contribution in [-0.2, 0) is 20.8 Å². The summed E-state index contributed by atoms with van der Waals surface area (Å²) in [6, 6.07) is 6.77. The molecule has 0 aliphatic carbocycles. The van der Waals surface area contributed by atoms with Crippen molar-refractivity contribution in [1.82, 2.24) is 10.6 Å². The number of aliphatic carboxylic acids is 1. The maximum Gasteiger partial charge on any atom is 0.278 e. The second kappa shape index (κ2) is 14.5. The van der Waals surface area contributed by atoms with E-state index in [0.29, 0.717) is 19.4 Å². The van der Waals surface area contributed by atoms with Crippen LogP contribution in [-0.4, -0.2) is 49.0 Å². The van der Waals surface area contributed by atoms with Gasteiger partial charge in [-0.1, -0.05) is 30.3 Å². The average molecular weight is 424 g/mol. The highest BCUT2D eigenvalue weighted by Crippen LogP contribution is 2.07. The Hall–Kier alpha value is -2.49. The van der Waals surface area contributed by atoms with E-state index in [2.05, 4.69) is 27.8 Å². The van der Waals surface area contributed by atoms with Crippen molar-refractivity contribution in [2.75, 3.05) is 13.1 Å². The normalized spacial score (nSPS) is 13.8. The van der Waals surface area contributed by atoms with Crippen LogP contribution in [0.25, 0.3) is 0 Å². The van der Waals surface area contributed by atoms with Crippen LogP contribution in [0.15, 0.2) is 30.3 Å². The van der Waals surface area contributed by atoms with Gasteiger partial charge in [0.05, 0.1) is 25.1 Å². The molecule has 11 N–H and O–H groups in total. The molecule has 0 saturated carbocycles. The molecule has 1 aromatic rings. The standard InChI is InChI=1S/C21H35N5O4/c22-12-6-4-10-16(24)19(27)26-18(14-15-8-2-1-3-9-15)20(28)25-17(21(29)30)11-5-7-13-23/h1-3,8-9,16-18H,4-7,10-14,22-24H2,(H,25,28)(H,26,27)(H,29,30)/p+2/t16-,17-,18-/m0/s1. The zero-order valence-electron chi connectivity index (χ0n) is 17.7. The van der Waals surface area contributed by atoms with Crippen molar-refractivity contribution in [3.63, 3.8) is 0 Å². The van der Waals surface area contributed by atoms with Gasteiger partial charge >= 0.3 is 0 Å². The van der Waals surface area contributed by atoms with Gasteiger partial charge in [-0.3, -0.25) is 9.59 Å². The molecule has 0 aliphatic heterocycles. The van der Waals surface area contributed by atoms with Gasteiger partial charge in [0.1, 0.15) is 6.04 Å². The van der Waals surface area contributed by atoms with E-state index >= 15 is 0 Å². The van der Waals surface area contributed by atoms with Crippen LogP contribution in [0.1, 0.15) is 44.1 Å². The van der Waals surface area contributed by atoms with Crippen LogP contribution >= 0.6 is 0 Å². The van der Waals surface area contributed by atoms with E-state index < -0.39 is 30.0 Å². The summed E-state index contributed by atoms with van der Waals surface area (Å²) >= 11 is 0. The Morgan fingerprint density at radius 1 is 0.833 bits per heavy atom. The molecular formula is C21H37N5O4+2. The number of quaternary nitrogens is 3. The minimum absolute atomic E-state index is 0.253. The van der Waals surface area contributed by atoms with Crippen molar-refractivity contribution in [2.24, 2.45) is 0 Å². The first-order valence-corrected chi connectivity index (χ1v) is 10.7. The predicted octanol–water partition coefficient (Wildman–Crippen LogP) is -3.62. The Morgan fingerprint density at radius 2 is 1.40 bits per heavy atom. The topological polar surface area (TPSA) is 181 Å². The van der Waals surface area contributed by atoms with Crippen molar-refractivity contribution < 1.29 is 36.7 Å². The first-order valence-electron chi connectivity index (χ1n) is 10.7. The average Bonchev–Trinajstić information content (AvgIpc) is 2.73. The lowest BCUT2D eigenvalue weighted by atomic mass is 10.0. The molecule has 0 heterocycles. The number of nitrogens with one attached hydrogen (secondary N) is 2. The minimum Gasteiger partial charge on any atom is -0.548 e. The third kappa shape index (κ3) is 9.82. The van der Waals surface area contributed by atoms with E-state index in [1.807, 2.05) is 30.3 Å². The van der Waals surface area contributed by atoms with E-state index in [1.165, 1.54) is 0 Å². The van der Waals surface area contributed by atoms with Crippen molar-refractivity contribution in [1.29, 1.82) is 0 Å². The van der Waals surface area contributed by atoms with Gasteiger partial charge in [0.15, 0.2) is 6.04 Å². The number of hydrogen-bond acceptors (Lipinski definition) is 4. The largest absolute Gasteiger partial charge is 0.548 e. The van der Waals surface area contributed by atoms with E-state index in [9.17, 15) is 19.5 Å². The van der Waals surface area contributed by atoms with Gasteiger partial charge in [-0.2, -0.15) is 0 Å².